The van der Waals surface area contributed by atoms with Crippen LogP contribution < -0.4 is 5.73 Å². The van der Waals surface area contributed by atoms with E-state index >= 15 is 0 Å². The molecule has 3 heteroatoms. The molecule has 17 heavy (non-hydrogen) atoms. The minimum atomic E-state index is 0.288. The highest BCUT2D eigenvalue weighted by Crippen LogP contribution is 2.30. The van der Waals surface area contributed by atoms with Crippen molar-refractivity contribution in [1.82, 2.24) is 4.90 Å². The first-order valence-electron chi connectivity index (χ1n) is 6.29. The molecule has 0 saturated heterocycles. The number of benzene rings is 1. The second-order valence-corrected chi connectivity index (χ2v) is 4.97. The lowest BCUT2D eigenvalue weighted by molar-refractivity contribution is 0.193. The largest absolute Gasteiger partial charge is 0.388 e. The summed E-state index contributed by atoms with van der Waals surface area (Å²) in [6, 6.07) is 11.6. The second kappa shape index (κ2) is 5.32. The number of hydrogen-bond acceptors (Lipinski definition) is 2. The quantitative estimate of drug-likeness (QED) is 0.583. The van der Waals surface area contributed by atoms with E-state index in [0.717, 1.165) is 6.54 Å². The van der Waals surface area contributed by atoms with Crippen molar-refractivity contribution in [1.29, 1.82) is 5.41 Å². The van der Waals surface area contributed by atoms with Gasteiger partial charge in [-0.2, -0.15) is 0 Å². The highest BCUT2D eigenvalue weighted by molar-refractivity contribution is 5.77. The van der Waals surface area contributed by atoms with Crippen molar-refractivity contribution in [2.75, 3.05) is 0 Å². The summed E-state index contributed by atoms with van der Waals surface area (Å²) < 4.78 is 0. The Kier molecular flexibility index (Phi) is 3.79. The Morgan fingerprint density at radius 3 is 2.59 bits per heavy atom. The predicted octanol–water partition coefficient (Wildman–Crippen LogP) is 2.37. The van der Waals surface area contributed by atoms with Crippen LogP contribution in [0.25, 0.3) is 0 Å². The van der Waals surface area contributed by atoms with Gasteiger partial charge in [0.25, 0.3) is 0 Å². The third-order valence-corrected chi connectivity index (χ3v) is 3.31. The van der Waals surface area contributed by atoms with Gasteiger partial charge in [-0.05, 0) is 25.3 Å². The minimum absolute atomic E-state index is 0.288. The smallest absolute Gasteiger partial charge is 0.0920 e. The molecule has 0 aromatic heterocycles. The monoisotopic (exact) mass is 231 g/mol. The van der Waals surface area contributed by atoms with E-state index in [4.69, 9.17) is 11.1 Å². The Bertz CT molecular complexity index is 370. The number of amidine groups is 1. The molecular formula is C14H21N3. The summed E-state index contributed by atoms with van der Waals surface area (Å²) in [5, 5.41) is 7.41. The number of nitrogens with one attached hydrogen (secondary N) is 1. The molecule has 0 amide bonds. The van der Waals surface area contributed by atoms with Crippen molar-refractivity contribution >= 4 is 5.84 Å². The Hall–Kier alpha value is -1.35. The standard InChI is InChI=1S/C14H21N3/c1-11(9-14(15)16)17(13-7-8-13)10-12-5-3-2-4-6-12/h2-6,11,13H,7-10H2,1H3,(H3,15,16). The van der Waals surface area contributed by atoms with Crippen molar-refractivity contribution in [3.63, 3.8) is 0 Å². The maximum Gasteiger partial charge on any atom is 0.0920 e. The maximum atomic E-state index is 7.41. The van der Waals surface area contributed by atoms with Gasteiger partial charge in [0.1, 0.15) is 0 Å². The van der Waals surface area contributed by atoms with Crippen molar-refractivity contribution in [3.05, 3.63) is 35.9 Å². The molecule has 92 valence electrons. The van der Waals surface area contributed by atoms with E-state index in [2.05, 4.69) is 36.1 Å². The molecule has 1 aromatic carbocycles. The van der Waals surface area contributed by atoms with Crippen LogP contribution in [0.5, 0.6) is 0 Å². The average molecular weight is 231 g/mol. The first kappa shape index (κ1) is 12.1. The summed E-state index contributed by atoms with van der Waals surface area (Å²) in [6.45, 7) is 3.14. The highest BCUT2D eigenvalue weighted by Gasteiger charge is 2.32. The van der Waals surface area contributed by atoms with E-state index in [1.54, 1.807) is 0 Å². The normalized spacial score (nSPS) is 17.1. The summed E-state index contributed by atoms with van der Waals surface area (Å²) >= 11 is 0. The van der Waals surface area contributed by atoms with E-state index < -0.39 is 0 Å². The Morgan fingerprint density at radius 2 is 2.06 bits per heavy atom. The van der Waals surface area contributed by atoms with Gasteiger partial charge in [-0.25, -0.2) is 0 Å². The van der Waals surface area contributed by atoms with Crippen LogP contribution in [0.1, 0.15) is 31.7 Å². The summed E-state index contributed by atoms with van der Waals surface area (Å²) in [5.41, 5.74) is 6.84. The fraction of sp³-hybridized carbons (Fsp3) is 0.500. The van der Waals surface area contributed by atoms with Gasteiger partial charge in [0.05, 0.1) is 5.84 Å². The molecule has 1 saturated carbocycles. The van der Waals surface area contributed by atoms with Crippen LogP contribution in [0.2, 0.25) is 0 Å². The fourth-order valence-electron chi connectivity index (χ4n) is 2.28. The lowest BCUT2D eigenvalue weighted by atomic mass is 10.1. The molecule has 1 aromatic rings. The third kappa shape index (κ3) is 3.56. The molecule has 2 rings (SSSR count). The van der Waals surface area contributed by atoms with Crippen LogP contribution in [0.15, 0.2) is 30.3 Å². The Morgan fingerprint density at radius 1 is 1.41 bits per heavy atom. The molecule has 0 radical (unpaired) electrons. The van der Waals surface area contributed by atoms with Crippen molar-refractivity contribution in [2.24, 2.45) is 5.73 Å². The molecule has 1 fully saturated rings. The zero-order valence-electron chi connectivity index (χ0n) is 10.4. The van der Waals surface area contributed by atoms with Crippen LogP contribution in [0, 0.1) is 5.41 Å². The van der Waals surface area contributed by atoms with Crippen LogP contribution in [-0.2, 0) is 6.54 Å². The van der Waals surface area contributed by atoms with Gasteiger partial charge in [-0.3, -0.25) is 10.3 Å². The molecule has 1 unspecified atom stereocenters. The molecule has 0 spiro atoms. The predicted molar refractivity (Wildman–Crippen MR) is 71.0 cm³/mol. The molecule has 1 atom stereocenters. The van der Waals surface area contributed by atoms with Gasteiger partial charge in [0, 0.05) is 25.0 Å². The SMILES string of the molecule is CC(CC(=N)N)N(Cc1ccccc1)C1CC1. The minimum Gasteiger partial charge on any atom is -0.388 e. The molecule has 0 heterocycles. The van der Waals surface area contributed by atoms with E-state index in [1.807, 2.05) is 6.07 Å². The molecule has 3 nitrogen and oxygen atoms in total. The van der Waals surface area contributed by atoms with Gasteiger partial charge in [0.15, 0.2) is 0 Å². The molecule has 1 aliphatic rings. The van der Waals surface area contributed by atoms with Gasteiger partial charge >= 0.3 is 0 Å². The second-order valence-electron chi connectivity index (χ2n) is 4.97. The number of nitrogens with two attached hydrogens (primary N) is 1. The topological polar surface area (TPSA) is 53.1 Å². The first-order chi connectivity index (χ1) is 8.16. The first-order valence-corrected chi connectivity index (χ1v) is 6.29. The van der Waals surface area contributed by atoms with Gasteiger partial charge < -0.3 is 5.73 Å². The number of hydrogen-bond donors (Lipinski definition) is 2. The van der Waals surface area contributed by atoms with E-state index in [1.165, 1.54) is 18.4 Å². The van der Waals surface area contributed by atoms with Crippen LogP contribution in [0.3, 0.4) is 0 Å². The fourth-order valence-corrected chi connectivity index (χ4v) is 2.28. The molecule has 0 bridgehead atoms. The number of rotatable bonds is 6. The van der Waals surface area contributed by atoms with Crippen LogP contribution in [-0.4, -0.2) is 22.8 Å². The summed E-state index contributed by atoms with van der Waals surface area (Å²) in [5.74, 6) is 0.288. The van der Waals surface area contributed by atoms with Gasteiger partial charge in [-0.15, -0.1) is 0 Å². The Labute approximate surface area is 103 Å². The zero-order valence-corrected chi connectivity index (χ0v) is 10.4. The summed E-state index contributed by atoms with van der Waals surface area (Å²) in [6.07, 6.45) is 3.24. The van der Waals surface area contributed by atoms with Gasteiger partial charge in [-0.1, -0.05) is 30.3 Å². The summed E-state index contributed by atoms with van der Waals surface area (Å²) in [4.78, 5) is 2.48. The Balaban J connectivity index is 2.00. The van der Waals surface area contributed by atoms with E-state index in [-0.39, 0.29) is 5.84 Å². The molecule has 3 N–H and O–H groups in total. The lowest BCUT2D eigenvalue weighted by Crippen LogP contribution is -2.37. The third-order valence-electron chi connectivity index (χ3n) is 3.31. The number of nitrogens with zero attached hydrogens (tertiary/aromatic N) is 1. The molecule has 1 aliphatic carbocycles. The van der Waals surface area contributed by atoms with E-state index in [0.29, 0.717) is 18.5 Å². The van der Waals surface area contributed by atoms with Crippen molar-refractivity contribution < 1.29 is 0 Å². The van der Waals surface area contributed by atoms with E-state index in [9.17, 15) is 0 Å². The van der Waals surface area contributed by atoms with Crippen LogP contribution >= 0.6 is 0 Å². The van der Waals surface area contributed by atoms with Crippen LogP contribution in [0.4, 0.5) is 0 Å². The lowest BCUT2D eigenvalue weighted by Gasteiger charge is -2.29. The maximum absolute atomic E-state index is 7.41. The molecular weight excluding hydrogens is 210 g/mol. The zero-order chi connectivity index (χ0) is 12.3. The summed E-state index contributed by atoms with van der Waals surface area (Å²) in [7, 11) is 0. The average Bonchev–Trinajstić information content (AvgIpc) is 3.10. The van der Waals surface area contributed by atoms with Gasteiger partial charge in [0.2, 0.25) is 0 Å². The van der Waals surface area contributed by atoms with Crippen molar-refractivity contribution in [3.8, 4) is 0 Å². The molecule has 0 aliphatic heterocycles. The van der Waals surface area contributed by atoms with Crippen molar-refractivity contribution in [2.45, 2.75) is 44.8 Å². The highest BCUT2D eigenvalue weighted by atomic mass is 15.2.